The van der Waals surface area contributed by atoms with Gasteiger partial charge in [0.05, 0.1) is 20.3 Å². The Labute approximate surface area is 115 Å². The first-order valence-corrected chi connectivity index (χ1v) is 5.99. The first kappa shape index (κ1) is 14.3. The molecule has 0 radical (unpaired) electrons. The van der Waals surface area contributed by atoms with Crippen LogP contribution < -0.4 is 15.2 Å². The maximum atomic E-state index is 13.8. The van der Waals surface area contributed by atoms with E-state index < -0.39 is 17.7 Å². The fraction of sp³-hybridized carbons (Fsp3) is 0.200. The van der Waals surface area contributed by atoms with Crippen molar-refractivity contribution < 1.29 is 18.3 Å². The van der Waals surface area contributed by atoms with Gasteiger partial charge >= 0.3 is 0 Å². The summed E-state index contributed by atoms with van der Waals surface area (Å²) in [5.74, 6) is -0.0425. The minimum absolute atomic E-state index is 0.0773. The summed E-state index contributed by atoms with van der Waals surface area (Å²) in [6.07, 6.45) is 0. The number of benzene rings is 2. The highest BCUT2D eigenvalue weighted by Crippen LogP contribution is 2.32. The summed E-state index contributed by atoms with van der Waals surface area (Å²) in [6.45, 7) is 0. The minimum Gasteiger partial charge on any atom is -0.497 e. The molecule has 0 aliphatic carbocycles. The fourth-order valence-electron chi connectivity index (χ4n) is 2.00. The summed E-state index contributed by atoms with van der Waals surface area (Å²) in [5, 5.41) is 0. The van der Waals surface area contributed by atoms with Crippen molar-refractivity contribution in [2.45, 2.75) is 6.04 Å². The summed E-state index contributed by atoms with van der Waals surface area (Å²) >= 11 is 0. The van der Waals surface area contributed by atoms with Gasteiger partial charge in [-0.2, -0.15) is 0 Å². The lowest BCUT2D eigenvalue weighted by Crippen LogP contribution is -2.15. The lowest BCUT2D eigenvalue weighted by molar-refractivity contribution is 0.389. The molecule has 20 heavy (non-hydrogen) atoms. The van der Waals surface area contributed by atoms with Crippen molar-refractivity contribution >= 4 is 0 Å². The highest BCUT2D eigenvalue weighted by Gasteiger charge is 2.18. The molecule has 0 bridgehead atoms. The number of hydrogen-bond donors (Lipinski definition) is 1. The summed E-state index contributed by atoms with van der Waals surface area (Å²) in [6, 6.07) is 7.38. The van der Waals surface area contributed by atoms with Gasteiger partial charge in [-0.05, 0) is 30.3 Å². The van der Waals surface area contributed by atoms with Crippen molar-refractivity contribution in [2.24, 2.45) is 5.73 Å². The monoisotopic (exact) mass is 279 g/mol. The molecule has 0 saturated heterocycles. The first-order chi connectivity index (χ1) is 9.56. The normalized spacial score (nSPS) is 12.1. The van der Waals surface area contributed by atoms with Gasteiger partial charge in [0, 0.05) is 17.2 Å². The van der Waals surface area contributed by atoms with E-state index in [1.807, 2.05) is 0 Å². The van der Waals surface area contributed by atoms with Crippen LogP contribution in [0, 0.1) is 11.6 Å². The third kappa shape index (κ3) is 2.72. The van der Waals surface area contributed by atoms with E-state index in [9.17, 15) is 8.78 Å². The highest BCUT2D eigenvalue weighted by atomic mass is 19.1. The van der Waals surface area contributed by atoms with E-state index in [2.05, 4.69) is 0 Å². The predicted molar refractivity (Wildman–Crippen MR) is 71.9 cm³/mol. The molecule has 0 aliphatic rings. The van der Waals surface area contributed by atoms with Crippen molar-refractivity contribution in [3.63, 3.8) is 0 Å². The lowest BCUT2D eigenvalue weighted by atomic mass is 9.98. The summed E-state index contributed by atoms with van der Waals surface area (Å²) in [4.78, 5) is 0. The smallest absolute Gasteiger partial charge is 0.128 e. The minimum atomic E-state index is -0.827. The van der Waals surface area contributed by atoms with Crippen molar-refractivity contribution in [2.75, 3.05) is 14.2 Å². The van der Waals surface area contributed by atoms with E-state index in [0.29, 0.717) is 17.1 Å². The molecule has 2 aromatic carbocycles. The molecule has 0 amide bonds. The van der Waals surface area contributed by atoms with Gasteiger partial charge < -0.3 is 15.2 Å². The van der Waals surface area contributed by atoms with Crippen LogP contribution in [0.25, 0.3) is 0 Å². The van der Waals surface area contributed by atoms with Crippen LogP contribution in [0.15, 0.2) is 36.4 Å². The second kappa shape index (κ2) is 5.88. The largest absolute Gasteiger partial charge is 0.497 e. The second-order valence-corrected chi connectivity index (χ2v) is 4.25. The van der Waals surface area contributed by atoms with Crippen LogP contribution in [-0.4, -0.2) is 14.2 Å². The number of methoxy groups -OCH3 is 2. The number of halogens is 2. The fourth-order valence-corrected chi connectivity index (χ4v) is 2.00. The molecule has 2 N–H and O–H groups in total. The zero-order valence-corrected chi connectivity index (χ0v) is 11.2. The van der Waals surface area contributed by atoms with E-state index >= 15 is 0 Å². The maximum absolute atomic E-state index is 13.8. The first-order valence-electron chi connectivity index (χ1n) is 5.99. The van der Waals surface area contributed by atoms with E-state index in [4.69, 9.17) is 15.2 Å². The van der Waals surface area contributed by atoms with Crippen LogP contribution in [0.4, 0.5) is 8.78 Å². The molecule has 0 aromatic heterocycles. The number of rotatable bonds is 4. The zero-order valence-electron chi connectivity index (χ0n) is 11.2. The standard InChI is InChI=1S/C15H15F2NO2/c1-19-10-4-5-11(14(8-10)20-2)15(18)12-7-9(16)3-6-13(12)17/h3-8,15H,18H2,1-2H3. The summed E-state index contributed by atoms with van der Waals surface area (Å²) in [7, 11) is 3.01. The average molecular weight is 279 g/mol. The van der Waals surface area contributed by atoms with Crippen LogP contribution in [0.5, 0.6) is 11.5 Å². The topological polar surface area (TPSA) is 44.5 Å². The Kier molecular flexibility index (Phi) is 4.20. The van der Waals surface area contributed by atoms with Crippen LogP contribution in [0.2, 0.25) is 0 Å². The Morgan fingerprint density at radius 1 is 0.950 bits per heavy atom. The van der Waals surface area contributed by atoms with Crippen LogP contribution in [-0.2, 0) is 0 Å². The van der Waals surface area contributed by atoms with Gasteiger partial charge in [0.25, 0.3) is 0 Å². The molecular formula is C15H15F2NO2. The molecule has 0 saturated carbocycles. The van der Waals surface area contributed by atoms with E-state index in [1.54, 1.807) is 18.2 Å². The van der Waals surface area contributed by atoms with E-state index in [1.165, 1.54) is 14.2 Å². The van der Waals surface area contributed by atoms with Gasteiger partial charge in [0.1, 0.15) is 23.1 Å². The van der Waals surface area contributed by atoms with E-state index in [0.717, 1.165) is 18.2 Å². The van der Waals surface area contributed by atoms with Crippen molar-refractivity contribution in [3.05, 3.63) is 59.2 Å². The van der Waals surface area contributed by atoms with Crippen molar-refractivity contribution in [3.8, 4) is 11.5 Å². The van der Waals surface area contributed by atoms with Gasteiger partial charge in [-0.3, -0.25) is 0 Å². The third-order valence-corrected chi connectivity index (χ3v) is 3.07. The molecule has 3 nitrogen and oxygen atoms in total. The molecule has 1 atom stereocenters. The highest BCUT2D eigenvalue weighted by molar-refractivity contribution is 5.46. The summed E-state index contributed by atoms with van der Waals surface area (Å²) < 4.78 is 37.3. The molecule has 0 heterocycles. The van der Waals surface area contributed by atoms with Crippen LogP contribution in [0.1, 0.15) is 17.2 Å². The van der Waals surface area contributed by atoms with Gasteiger partial charge in [0.2, 0.25) is 0 Å². The molecular weight excluding hydrogens is 264 g/mol. The van der Waals surface area contributed by atoms with Crippen LogP contribution in [0.3, 0.4) is 0 Å². The van der Waals surface area contributed by atoms with Gasteiger partial charge in [-0.25, -0.2) is 8.78 Å². The summed E-state index contributed by atoms with van der Waals surface area (Å²) in [5.41, 5.74) is 6.66. The molecule has 0 aliphatic heterocycles. The zero-order chi connectivity index (χ0) is 14.7. The number of hydrogen-bond acceptors (Lipinski definition) is 3. The second-order valence-electron chi connectivity index (χ2n) is 4.25. The Morgan fingerprint density at radius 3 is 2.35 bits per heavy atom. The van der Waals surface area contributed by atoms with Gasteiger partial charge in [-0.1, -0.05) is 0 Å². The number of ether oxygens (including phenoxy) is 2. The van der Waals surface area contributed by atoms with Crippen molar-refractivity contribution in [1.29, 1.82) is 0 Å². The van der Waals surface area contributed by atoms with Gasteiger partial charge in [0.15, 0.2) is 0 Å². The number of nitrogens with two attached hydrogens (primary N) is 1. The molecule has 2 aromatic rings. The third-order valence-electron chi connectivity index (χ3n) is 3.07. The Bertz CT molecular complexity index is 617. The molecule has 1 unspecified atom stereocenters. The Balaban J connectivity index is 2.47. The molecule has 5 heteroatoms. The predicted octanol–water partition coefficient (Wildman–Crippen LogP) is 3.03. The van der Waals surface area contributed by atoms with Crippen molar-refractivity contribution in [1.82, 2.24) is 0 Å². The molecule has 0 spiro atoms. The Morgan fingerprint density at radius 2 is 1.70 bits per heavy atom. The SMILES string of the molecule is COc1ccc(C(N)c2cc(F)ccc2F)c(OC)c1. The van der Waals surface area contributed by atoms with Crippen LogP contribution >= 0.6 is 0 Å². The lowest BCUT2D eigenvalue weighted by Gasteiger charge is -2.17. The Hall–Kier alpha value is -2.14. The molecule has 0 fully saturated rings. The maximum Gasteiger partial charge on any atom is 0.128 e. The molecule has 106 valence electrons. The van der Waals surface area contributed by atoms with E-state index in [-0.39, 0.29) is 5.56 Å². The molecule has 2 rings (SSSR count). The average Bonchev–Trinajstić information content (AvgIpc) is 2.48. The quantitative estimate of drug-likeness (QED) is 0.935. The van der Waals surface area contributed by atoms with Gasteiger partial charge in [-0.15, -0.1) is 0 Å².